The number of hydrazine groups is 1. The Kier molecular flexibility index (Phi) is 7.03. The lowest BCUT2D eigenvalue weighted by molar-refractivity contribution is -0.118. The van der Waals surface area contributed by atoms with Crippen molar-refractivity contribution in [2.75, 3.05) is 27.1 Å². The predicted octanol–water partition coefficient (Wildman–Crippen LogP) is 2.66. The predicted molar refractivity (Wildman–Crippen MR) is 119 cm³/mol. The number of benzene rings is 2. The second-order valence-electron chi connectivity index (χ2n) is 6.68. The van der Waals surface area contributed by atoms with Gasteiger partial charge in [0.1, 0.15) is 0 Å². The normalized spacial score (nSPS) is 10.6. The number of amides is 1. The minimum Gasteiger partial charge on any atom is -0.493 e. The lowest BCUT2D eigenvalue weighted by Gasteiger charge is -2.15. The van der Waals surface area contributed by atoms with Crippen molar-refractivity contribution in [2.24, 2.45) is 5.84 Å². The maximum Gasteiger partial charge on any atom is 0.244 e. The molecule has 0 aliphatic heterocycles. The zero-order valence-electron chi connectivity index (χ0n) is 18.1. The van der Waals surface area contributed by atoms with Gasteiger partial charge in [0.15, 0.2) is 22.5 Å². The molecule has 0 saturated heterocycles. The van der Waals surface area contributed by atoms with Gasteiger partial charge >= 0.3 is 0 Å². The Morgan fingerprint density at radius 3 is 2.26 bits per heavy atom. The number of rotatable bonds is 8. The van der Waals surface area contributed by atoms with E-state index in [1.807, 2.05) is 48.7 Å². The van der Waals surface area contributed by atoms with Crippen LogP contribution in [-0.4, -0.2) is 47.8 Å². The van der Waals surface area contributed by atoms with Crippen LogP contribution in [-0.2, 0) is 4.79 Å². The molecule has 0 atom stereocenters. The number of carbonyl (C=O) groups excluding carboxylic acids is 1. The molecule has 2 aromatic carbocycles. The largest absolute Gasteiger partial charge is 0.493 e. The molecule has 0 bridgehead atoms. The van der Waals surface area contributed by atoms with Crippen molar-refractivity contribution in [1.82, 2.24) is 20.2 Å². The molecule has 3 aromatic rings. The molecule has 164 valence electrons. The van der Waals surface area contributed by atoms with Gasteiger partial charge in [0, 0.05) is 5.56 Å². The van der Waals surface area contributed by atoms with E-state index in [0.29, 0.717) is 28.2 Å². The molecule has 1 amide bonds. The first-order chi connectivity index (χ1) is 14.9. The molecule has 9 nitrogen and oxygen atoms in total. The van der Waals surface area contributed by atoms with Gasteiger partial charge < -0.3 is 14.2 Å². The highest BCUT2D eigenvalue weighted by Gasteiger charge is 2.21. The second kappa shape index (κ2) is 9.71. The second-order valence-corrected chi connectivity index (χ2v) is 7.62. The minimum absolute atomic E-state index is 0.106. The molecule has 0 fully saturated rings. The van der Waals surface area contributed by atoms with Gasteiger partial charge in [-0.3, -0.25) is 14.8 Å². The Hall–Kier alpha value is -3.24. The summed E-state index contributed by atoms with van der Waals surface area (Å²) in [6.45, 7) is 4.09. The van der Waals surface area contributed by atoms with Crippen molar-refractivity contribution in [3.8, 4) is 34.3 Å². The number of hydrogen-bond donors (Lipinski definition) is 2. The maximum absolute atomic E-state index is 11.7. The fourth-order valence-corrected chi connectivity index (χ4v) is 3.79. The standard InChI is InChI=1S/C21H25N5O4S/c1-12-6-7-15(8-13(12)2)26-20(24-25-21(26)31-11-18(27)23-22)14-9-16(28-3)19(30-5)17(10-14)29-4/h6-10H,11,22H2,1-5H3,(H,23,27). The lowest BCUT2D eigenvalue weighted by Crippen LogP contribution is -2.31. The summed E-state index contributed by atoms with van der Waals surface area (Å²) in [4.78, 5) is 11.7. The van der Waals surface area contributed by atoms with Crippen LogP contribution in [0.25, 0.3) is 17.1 Å². The molecular weight excluding hydrogens is 418 g/mol. The Morgan fingerprint density at radius 1 is 1.03 bits per heavy atom. The third kappa shape index (κ3) is 4.59. The SMILES string of the molecule is COc1cc(-c2nnc(SCC(=O)NN)n2-c2ccc(C)c(C)c2)cc(OC)c1OC. The van der Waals surface area contributed by atoms with E-state index in [1.165, 1.54) is 17.3 Å². The third-order valence-corrected chi connectivity index (χ3v) is 5.73. The first kappa shape index (κ1) is 22.4. The molecular formula is C21H25N5O4S. The molecule has 0 aliphatic carbocycles. The Balaban J connectivity index is 2.19. The molecule has 1 heterocycles. The van der Waals surface area contributed by atoms with Crippen molar-refractivity contribution in [1.29, 1.82) is 0 Å². The van der Waals surface area contributed by atoms with Crippen LogP contribution in [0.5, 0.6) is 17.2 Å². The van der Waals surface area contributed by atoms with Gasteiger partial charge in [-0.05, 0) is 49.2 Å². The van der Waals surface area contributed by atoms with E-state index in [4.69, 9.17) is 20.1 Å². The smallest absolute Gasteiger partial charge is 0.244 e. The van der Waals surface area contributed by atoms with Gasteiger partial charge in [-0.2, -0.15) is 0 Å². The molecule has 10 heteroatoms. The monoisotopic (exact) mass is 443 g/mol. The fourth-order valence-electron chi connectivity index (χ4n) is 3.03. The fraction of sp³-hybridized carbons (Fsp3) is 0.286. The van der Waals surface area contributed by atoms with E-state index in [0.717, 1.165) is 16.8 Å². The van der Waals surface area contributed by atoms with Crippen molar-refractivity contribution >= 4 is 17.7 Å². The summed E-state index contributed by atoms with van der Waals surface area (Å²) in [5, 5.41) is 9.28. The number of nitrogens with two attached hydrogens (primary N) is 1. The number of methoxy groups -OCH3 is 3. The Morgan fingerprint density at radius 2 is 1.71 bits per heavy atom. The van der Waals surface area contributed by atoms with Crippen molar-refractivity contribution in [2.45, 2.75) is 19.0 Å². The molecule has 3 N–H and O–H groups in total. The van der Waals surface area contributed by atoms with Crippen LogP contribution in [0, 0.1) is 13.8 Å². The molecule has 0 unspecified atom stereocenters. The number of aromatic nitrogens is 3. The minimum atomic E-state index is -0.311. The van der Waals surface area contributed by atoms with Crippen molar-refractivity contribution < 1.29 is 19.0 Å². The summed E-state index contributed by atoms with van der Waals surface area (Å²) in [5.41, 5.74) is 6.01. The highest BCUT2D eigenvalue weighted by atomic mass is 32.2. The molecule has 0 aliphatic rings. The van der Waals surface area contributed by atoms with E-state index < -0.39 is 0 Å². The van der Waals surface area contributed by atoms with Crippen LogP contribution >= 0.6 is 11.8 Å². The highest BCUT2D eigenvalue weighted by molar-refractivity contribution is 7.99. The number of aryl methyl sites for hydroxylation is 2. The summed E-state index contributed by atoms with van der Waals surface area (Å²) in [6.07, 6.45) is 0. The maximum atomic E-state index is 11.7. The van der Waals surface area contributed by atoms with Crippen LogP contribution in [0.2, 0.25) is 0 Å². The van der Waals surface area contributed by atoms with Crippen LogP contribution in [0.4, 0.5) is 0 Å². The average molecular weight is 444 g/mol. The van der Waals surface area contributed by atoms with E-state index >= 15 is 0 Å². The first-order valence-corrected chi connectivity index (χ1v) is 10.4. The Labute approximate surface area is 184 Å². The summed E-state index contributed by atoms with van der Waals surface area (Å²) in [6, 6.07) is 9.69. The molecule has 0 radical (unpaired) electrons. The van der Waals surface area contributed by atoms with E-state index in [-0.39, 0.29) is 11.7 Å². The van der Waals surface area contributed by atoms with Crippen LogP contribution < -0.4 is 25.5 Å². The summed E-state index contributed by atoms with van der Waals surface area (Å²) in [7, 11) is 4.67. The molecule has 31 heavy (non-hydrogen) atoms. The van der Waals surface area contributed by atoms with Crippen LogP contribution in [0.3, 0.4) is 0 Å². The van der Waals surface area contributed by atoms with E-state index in [2.05, 4.69) is 15.6 Å². The summed E-state index contributed by atoms with van der Waals surface area (Å²) < 4.78 is 18.3. The van der Waals surface area contributed by atoms with Crippen LogP contribution in [0.1, 0.15) is 11.1 Å². The van der Waals surface area contributed by atoms with Crippen molar-refractivity contribution in [3.63, 3.8) is 0 Å². The molecule has 0 saturated carbocycles. The zero-order chi connectivity index (χ0) is 22.5. The third-order valence-electron chi connectivity index (χ3n) is 4.80. The van der Waals surface area contributed by atoms with Crippen LogP contribution in [0.15, 0.2) is 35.5 Å². The zero-order valence-corrected chi connectivity index (χ0v) is 18.9. The number of ether oxygens (including phenoxy) is 3. The van der Waals surface area contributed by atoms with Gasteiger partial charge in [-0.25, -0.2) is 5.84 Å². The number of thioether (sulfide) groups is 1. The van der Waals surface area contributed by atoms with Gasteiger partial charge in [0.05, 0.1) is 32.8 Å². The highest BCUT2D eigenvalue weighted by Crippen LogP contribution is 2.41. The molecule has 0 spiro atoms. The van der Waals surface area contributed by atoms with Gasteiger partial charge in [0.2, 0.25) is 11.7 Å². The number of carbonyl (C=O) groups is 1. The summed E-state index contributed by atoms with van der Waals surface area (Å²) >= 11 is 1.24. The summed E-state index contributed by atoms with van der Waals surface area (Å²) in [5.74, 6) is 7.07. The number of nitrogens with zero attached hydrogens (tertiary/aromatic N) is 3. The molecule has 1 aromatic heterocycles. The first-order valence-electron chi connectivity index (χ1n) is 9.39. The van der Waals surface area contributed by atoms with Gasteiger partial charge in [-0.1, -0.05) is 17.8 Å². The van der Waals surface area contributed by atoms with E-state index in [9.17, 15) is 4.79 Å². The quantitative estimate of drug-likeness (QED) is 0.236. The number of nitrogens with one attached hydrogen (secondary N) is 1. The van der Waals surface area contributed by atoms with E-state index in [1.54, 1.807) is 21.3 Å². The average Bonchev–Trinajstić information content (AvgIpc) is 3.22. The topological polar surface area (TPSA) is 114 Å². The van der Waals surface area contributed by atoms with Crippen molar-refractivity contribution in [3.05, 3.63) is 41.5 Å². The lowest BCUT2D eigenvalue weighted by atomic mass is 10.1. The molecule has 3 rings (SSSR count). The Bertz CT molecular complexity index is 1070. The van der Waals surface area contributed by atoms with Gasteiger partial charge in [-0.15, -0.1) is 10.2 Å². The van der Waals surface area contributed by atoms with Gasteiger partial charge in [0.25, 0.3) is 0 Å². The number of hydrogen-bond acceptors (Lipinski definition) is 8.